The first-order chi connectivity index (χ1) is 9.51. The standard InChI is InChI=1S/C13H9BrClFN2O2/c14-9-6-8(16)2-4-11(9)20-12-3-1-7(5-10(12)15)13(17)18-19/h1-6,19H,(H2,17,18). The summed E-state index contributed by atoms with van der Waals surface area (Å²) in [5.74, 6) is 0.359. The molecule has 0 bridgehead atoms. The topological polar surface area (TPSA) is 67.8 Å². The monoisotopic (exact) mass is 358 g/mol. The fourth-order valence-electron chi connectivity index (χ4n) is 1.48. The lowest BCUT2D eigenvalue weighted by atomic mass is 10.2. The minimum Gasteiger partial charge on any atom is -0.455 e. The van der Waals surface area contributed by atoms with E-state index >= 15 is 0 Å². The molecule has 0 fully saturated rings. The molecule has 0 heterocycles. The van der Waals surface area contributed by atoms with Crippen molar-refractivity contribution in [3.63, 3.8) is 0 Å². The molecule has 2 rings (SSSR count). The Hall–Kier alpha value is -1.79. The number of oxime groups is 1. The number of halogens is 3. The van der Waals surface area contributed by atoms with Crippen LogP contribution in [0.5, 0.6) is 11.5 Å². The number of rotatable bonds is 3. The summed E-state index contributed by atoms with van der Waals surface area (Å²) in [4.78, 5) is 0. The van der Waals surface area contributed by atoms with Crippen LogP contribution in [0.2, 0.25) is 5.02 Å². The normalized spacial score (nSPS) is 11.4. The third-order valence-corrected chi connectivity index (χ3v) is 3.36. The van der Waals surface area contributed by atoms with Crippen LogP contribution in [0.4, 0.5) is 4.39 Å². The molecule has 104 valence electrons. The van der Waals surface area contributed by atoms with Crippen LogP contribution >= 0.6 is 27.5 Å². The zero-order valence-electron chi connectivity index (χ0n) is 9.98. The van der Waals surface area contributed by atoms with Gasteiger partial charge in [-0.15, -0.1) is 0 Å². The lowest BCUT2D eigenvalue weighted by Gasteiger charge is -2.10. The predicted molar refractivity (Wildman–Crippen MR) is 78.1 cm³/mol. The Morgan fingerprint density at radius 3 is 2.55 bits per heavy atom. The summed E-state index contributed by atoms with van der Waals surface area (Å²) < 4.78 is 19.0. The van der Waals surface area contributed by atoms with E-state index in [0.717, 1.165) is 0 Å². The minimum atomic E-state index is -0.377. The van der Waals surface area contributed by atoms with Gasteiger partial charge < -0.3 is 15.7 Å². The molecule has 0 amide bonds. The van der Waals surface area contributed by atoms with Gasteiger partial charge in [0.25, 0.3) is 0 Å². The first-order valence-electron chi connectivity index (χ1n) is 5.41. The van der Waals surface area contributed by atoms with Crippen LogP contribution < -0.4 is 10.5 Å². The molecular weight excluding hydrogens is 351 g/mol. The van der Waals surface area contributed by atoms with E-state index < -0.39 is 0 Å². The SMILES string of the molecule is NC(=NO)c1ccc(Oc2ccc(F)cc2Br)c(Cl)c1. The lowest BCUT2D eigenvalue weighted by Crippen LogP contribution is -2.12. The Bertz CT molecular complexity index is 679. The van der Waals surface area contributed by atoms with Crippen molar-refractivity contribution in [2.45, 2.75) is 0 Å². The van der Waals surface area contributed by atoms with Gasteiger partial charge in [-0.1, -0.05) is 16.8 Å². The summed E-state index contributed by atoms with van der Waals surface area (Å²) in [6.07, 6.45) is 0. The molecular formula is C13H9BrClFN2O2. The van der Waals surface area contributed by atoms with Crippen molar-refractivity contribution in [3.8, 4) is 11.5 Å². The lowest BCUT2D eigenvalue weighted by molar-refractivity contribution is 0.318. The maximum Gasteiger partial charge on any atom is 0.170 e. The van der Waals surface area contributed by atoms with E-state index in [2.05, 4.69) is 21.1 Å². The van der Waals surface area contributed by atoms with Gasteiger partial charge >= 0.3 is 0 Å². The number of hydrogen-bond donors (Lipinski definition) is 2. The molecule has 0 unspecified atom stereocenters. The molecule has 4 nitrogen and oxygen atoms in total. The minimum absolute atomic E-state index is 0.0542. The summed E-state index contributed by atoms with van der Waals surface area (Å²) in [5, 5.41) is 11.8. The maximum absolute atomic E-state index is 13.0. The van der Waals surface area contributed by atoms with Crippen molar-refractivity contribution in [2.75, 3.05) is 0 Å². The molecule has 0 aliphatic heterocycles. The van der Waals surface area contributed by atoms with Crippen molar-refractivity contribution in [2.24, 2.45) is 10.9 Å². The molecule has 2 aromatic carbocycles. The average molecular weight is 360 g/mol. The third kappa shape index (κ3) is 3.20. The van der Waals surface area contributed by atoms with Gasteiger partial charge in [-0.3, -0.25) is 0 Å². The Balaban J connectivity index is 2.30. The van der Waals surface area contributed by atoms with E-state index in [0.29, 0.717) is 21.5 Å². The molecule has 2 aromatic rings. The molecule has 0 radical (unpaired) electrons. The first kappa shape index (κ1) is 14.6. The van der Waals surface area contributed by atoms with Crippen molar-refractivity contribution in [1.29, 1.82) is 0 Å². The van der Waals surface area contributed by atoms with Gasteiger partial charge in [0, 0.05) is 5.56 Å². The van der Waals surface area contributed by atoms with Gasteiger partial charge in [0.15, 0.2) is 5.84 Å². The van der Waals surface area contributed by atoms with Crippen LogP contribution in [-0.2, 0) is 0 Å². The summed E-state index contributed by atoms with van der Waals surface area (Å²) in [6, 6.07) is 8.71. The van der Waals surface area contributed by atoms with Crippen LogP contribution in [-0.4, -0.2) is 11.0 Å². The third-order valence-electron chi connectivity index (χ3n) is 2.45. The van der Waals surface area contributed by atoms with Crippen LogP contribution in [0.15, 0.2) is 46.0 Å². The number of hydrogen-bond acceptors (Lipinski definition) is 3. The van der Waals surface area contributed by atoms with E-state index in [1.54, 1.807) is 12.1 Å². The second-order valence-corrected chi connectivity index (χ2v) is 5.07. The zero-order chi connectivity index (χ0) is 14.7. The summed E-state index contributed by atoms with van der Waals surface area (Å²) in [6.45, 7) is 0. The van der Waals surface area contributed by atoms with Gasteiger partial charge in [-0.25, -0.2) is 4.39 Å². The molecule has 0 saturated heterocycles. The molecule has 0 atom stereocenters. The molecule has 0 spiro atoms. The molecule has 7 heteroatoms. The number of nitrogens with zero attached hydrogens (tertiary/aromatic N) is 1. The van der Waals surface area contributed by atoms with Gasteiger partial charge in [0.2, 0.25) is 0 Å². The molecule has 0 aliphatic rings. The van der Waals surface area contributed by atoms with Gasteiger partial charge in [-0.2, -0.15) is 0 Å². The van der Waals surface area contributed by atoms with Crippen molar-refractivity contribution >= 4 is 33.4 Å². The van der Waals surface area contributed by atoms with Crippen LogP contribution in [0.3, 0.4) is 0 Å². The van der Waals surface area contributed by atoms with Crippen LogP contribution in [0.1, 0.15) is 5.56 Å². The van der Waals surface area contributed by atoms with Gasteiger partial charge in [0.1, 0.15) is 17.3 Å². The molecule has 0 aliphatic carbocycles. The fraction of sp³-hybridized carbons (Fsp3) is 0. The number of ether oxygens (including phenoxy) is 1. The Morgan fingerprint density at radius 2 is 1.95 bits per heavy atom. The van der Waals surface area contributed by atoms with E-state index in [9.17, 15) is 4.39 Å². The van der Waals surface area contributed by atoms with Crippen LogP contribution in [0.25, 0.3) is 0 Å². The second-order valence-electron chi connectivity index (χ2n) is 3.81. The summed E-state index contributed by atoms with van der Waals surface area (Å²) in [7, 11) is 0. The molecule has 0 aromatic heterocycles. The summed E-state index contributed by atoms with van der Waals surface area (Å²) >= 11 is 9.26. The molecule has 3 N–H and O–H groups in total. The smallest absolute Gasteiger partial charge is 0.170 e. The fourth-order valence-corrected chi connectivity index (χ4v) is 2.13. The first-order valence-corrected chi connectivity index (χ1v) is 6.58. The Labute approximate surface area is 127 Å². The number of benzene rings is 2. The van der Waals surface area contributed by atoms with E-state index in [1.807, 2.05) is 0 Å². The Morgan fingerprint density at radius 1 is 1.25 bits per heavy atom. The average Bonchev–Trinajstić information content (AvgIpc) is 2.42. The van der Waals surface area contributed by atoms with E-state index in [1.165, 1.54) is 24.3 Å². The highest BCUT2D eigenvalue weighted by Gasteiger charge is 2.09. The Kier molecular flexibility index (Phi) is 4.46. The molecule has 0 saturated carbocycles. The van der Waals surface area contributed by atoms with Crippen LogP contribution in [0, 0.1) is 5.82 Å². The highest BCUT2D eigenvalue weighted by Crippen LogP contribution is 2.34. The number of amidine groups is 1. The number of nitrogens with two attached hydrogens (primary N) is 1. The van der Waals surface area contributed by atoms with E-state index in [-0.39, 0.29) is 16.7 Å². The van der Waals surface area contributed by atoms with Crippen molar-refractivity contribution in [3.05, 3.63) is 57.3 Å². The van der Waals surface area contributed by atoms with Crippen molar-refractivity contribution in [1.82, 2.24) is 0 Å². The second kappa shape index (κ2) is 6.11. The van der Waals surface area contributed by atoms with Gasteiger partial charge in [-0.05, 0) is 52.3 Å². The molecule has 20 heavy (non-hydrogen) atoms. The summed E-state index contributed by atoms with van der Waals surface area (Å²) in [5.41, 5.74) is 5.92. The quantitative estimate of drug-likeness (QED) is 0.375. The van der Waals surface area contributed by atoms with E-state index in [4.69, 9.17) is 27.3 Å². The highest BCUT2D eigenvalue weighted by atomic mass is 79.9. The largest absolute Gasteiger partial charge is 0.455 e. The van der Waals surface area contributed by atoms with Crippen molar-refractivity contribution < 1.29 is 14.3 Å². The van der Waals surface area contributed by atoms with Gasteiger partial charge in [0.05, 0.1) is 9.50 Å². The predicted octanol–water partition coefficient (Wildman–Crippen LogP) is 4.13. The zero-order valence-corrected chi connectivity index (χ0v) is 12.3. The highest BCUT2D eigenvalue weighted by molar-refractivity contribution is 9.10. The maximum atomic E-state index is 13.0.